The van der Waals surface area contributed by atoms with Crippen molar-refractivity contribution in [3.8, 4) is 0 Å². The molecule has 132 valence electrons. The first-order valence-corrected chi connectivity index (χ1v) is 8.18. The van der Waals surface area contributed by atoms with E-state index in [0.717, 1.165) is 31.7 Å². The number of carbonyl (C=O) groups excluding carboxylic acids is 1. The van der Waals surface area contributed by atoms with Gasteiger partial charge in [-0.1, -0.05) is 6.07 Å². The Balaban J connectivity index is 2.03. The van der Waals surface area contributed by atoms with Gasteiger partial charge in [-0.15, -0.1) is 0 Å². The highest BCUT2D eigenvalue weighted by molar-refractivity contribution is 5.80. The minimum atomic E-state index is -1.12. The zero-order chi connectivity index (χ0) is 17.7. The van der Waals surface area contributed by atoms with Crippen molar-refractivity contribution in [2.45, 2.75) is 51.7 Å². The van der Waals surface area contributed by atoms with Crippen molar-refractivity contribution in [2.75, 3.05) is 18.0 Å². The number of ether oxygens (including phenoxy) is 1. The van der Waals surface area contributed by atoms with Crippen LogP contribution in [0.4, 0.5) is 10.6 Å². The molecule has 1 aliphatic rings. The van der Waals surface area contributed by atoms with Crippen molar-refractivity contribution in [1.29, 1.82) is 0 Å². The smallest absolute Gasteiger partial charge is 0.408 e. The second kappa shape index (κ2) is 7.51. The van der Waals surface area contributed by atoms with E-state index >= 15 is 0 Å². The quantitative estimate of drug-likeness (QED) is 0.857. The van der Waals surface area contributed by atoms with Gasteiger partial charge >= 0.3 is 12.1 Å². The van der Waals surface area contributed by atoms with E-state index in [9.17, 15) is 14.7 Å². The summed E-state index contributed by atoms with van der Waals surface area (Å²) in [6.07, 6.45) is 1.65. The van der Waals surface area contributed by atoms with Crippen molar-refractivity contribution in [3.05, 3.63) is 23.9 Å². The molecule has 0 spiro atoms. The highest BCUT2D eigenvalue weighted by Crippen LogP contribution is 2.18. The maximum Gasteiger partial charge on any atom is 0.408 e. The van der Waals surface area contributed by atoms with Gasteiger partial charge in [0, 0.05) is 25.2 Å². The van der Waals surface area contributed by atoms with Crippen molar-refractivity contribution >= 4 is 17.9 Å². The number of rotatable bonds is 5. The summed E-state index contributed by atoms with van der Waals surface area (Å²) < 4.78 is 5.12. The third-order valence-corrected chi connectivity index (χ3v) is 3.62. The number of pyridine rings is 1. The fourth-order valence-electron chi connectivity index (χ4n) is 2.56. The van der Waals surface area contributed by atoms with E-state index in [0.29, 0.717) is 5.69 Å². The van der Waals surface area contributed by atoms with Crippen LogP contribution in [0.3, 0.4) is 0 Å². The molecule has 2 N–H and O–H groups in total. The molecule has 1 fully saturated rings. The summed E-state index contributed by atoms with van der Waals surface area (Å²) in [6.45, 7) is 7.11. The van der Waals surface area contributed by atoms with E-state index in [1.54, 1.807) is 26.8 Å². The van der Waals surface area contributed by atoms with Crippen molar-refractivity contribution in [1.82, 2.24) is 10.3 Å². The summed E-state index contributed by atoms with van der Waals surface area (Å²) in [6, 6.07) is 4.47. The van der Waals surface area contributed by atoms with Crippen molar-refractivity contribution in [3.63, 3.8) is 0 Å². The number of hydrogen-bond donors (Lipinski definition) is 2. The number of hydrogen-bond acceptors (Lipinski definition) is 5. The molecule has 1 saturated heterocycles. The minimum Gasteiger partial charge on any atom is -0.480 e. The predicted molar refractivity (Wildman–Crippen MR) is 90.2 cm³/mol. The second-order valence-corrected chi connectivity index (χ2v) is 6.92. The summed E-state index contributed by atoms with van der Waals surface area (Å²) >= 11 is 0. The number of amides is 1. The van der Waals surface area contributed by atoms with Crippen LogP contribution in [-0.2, 0) is 16.0 Å². The highest BCUT2D eigenvalue weighted by Gasteiger charge is 2.25. The molecule has 0 bridgehead atoms. The second-order valence-electron chi connectivity index (χ2n) is 6.92. The molecule has 1 aromatic heterocycles. The van der Waals surface area contributed by atoms with Gasteiger partial charge < -0.3 is 20.1 Å². The average Bonchev–Trinajstić information content (AvgIpc) is 2.99. The molecule has 2 rings (SSSR count). The van der Waals surface area contributed by atoms with E-state index in [1.165, 1.54) is 0 Å². The van der Waals surface area contributed by atoms with Crippen LogP contribution in [0.1, 0.15) is 39.3 Å². The molecule has 0 unspecified atom stereocenters. The summed E-state index contributed by atoms with van der Waals surface area (Å²) in [5.41, 5.74) is -0.0519. The number of aromatic nitrogens is 1. The molecular weight excluding hydrogens is 310 g/mol. The molecule has 7 heteroatoms. The van der Waals surface area contributed by atoms with Crippen LogP contribution >= 0.6 is 0 Å². The lowest BCUT2D eigenvalue weighted by molar-refractivity contribution is -0.139. The van der Waals surface area contributed by atoms with E-state index < -0.39 is 23.7 Å². The number of carbonyl (C=O) groups is 2. The minimum absolute atomic E-state index is 0.107. The maximum atomic E-state index is 11.8. The third-order valence-electron chi connectivity index (χ3n) is 3.62. The summed E-state index contributed by atoms with van der Waals surface area (Å²) in [7, 11) is 0. The average molecular weight is 335 g/mol. The Kier molecular flexibility index (Phi) is 5.64. The number of carboxylic acid groups (broad SMARTS) is 1. The van der Waals surface area contributed by atoms with Gasteiger partial charge in [-0.05, 0) is 45.7 Å². The fourth-order valence-corrected chi connectivity index (χ4v) is 2.56. The number of alkyl carbamates (subject to hydrolysis) is 1. The van der Waals surface area contributed by atoms with Crippen LogP contribution in [0.2, 0.25) is 0 Å². The number of anilines is 1. The van der Waals surface area contributed by atoms with E-state index in [4.69, 9.17) is 4.74 Å². The SMILES string of the molecule is CC(C)(C)OC(=O)N[C@@H](Cc1cccc(N2CCCC2)n1)C(=O)O. The zero-order valence-corrected chi connectivity index (χ0v) is 14.4. The van der Waals surface area contributed by atoms with Crippen LogP contribution in [0, 0.1) is 0 Å². The number of nitrogens with zero attached hydrogens (tertiary/aromatic N) is 2. The Bertz CT molecular complexity index is 592. The molecule has 1 amide bonds. The summed E-state index contributed by atoms with van der Waals surface area (Å²) in [4.78, 5) is 30.0. The topological polar surface area (TPSA) is 91.8 Å². The van der Waals surface area contributed by atoms with Crippen LogP contribution < -0.4 is 10.2 Å². The third kappa shape index (κ3) is 5.40. The highest BCUT2D eigenvalue weighted by atomic mass is 16.6. The monoisotopic (exact) mass is 335 g/mol. The lowest BCUT2D eigenvalue weighted by atomic mass is 10.1. The van der Waals surface area contributed by atoms with Crippen LogP contribution in [-0.4, -0.2) is 46.9 Å². The molecule has 7 nitrogen and oxygen atoms in total. The fraction of sp³-hybridized carbons (Fsp3) is 0.588. The number of carboxylic acids is 1. The Labute approximate surface area is 142 Å². The lowest BCUT2D eigenvalue weighted by Gasteiger charge is -2.22. The van der Waals surface area contributed by atoms with Crippen molar-refractivity contribution in [2.24, 2.45) is 0 Å². The van der Waals surface area contributed by atoms with Gasteiger partial charge in [0.1, 0.15) is 17.5 Å². The standard InChI is InChI=1S/C17H25N3O4/c1-17(2,3)24-16(23)19-13(15(21)22)11-12-7-6-8-14(18-12)20-9-4-5-10-20/h6-8,13H,4-5,9-11H2,1-3H3,(H,19,23)(H,21,22)/t13-/m0/s1. The normalized spacial score (nSPS) is 15.9. The lowest BCUT2D eigenvalue weighted by Crippen LogP contribution is -2.44. The van der Waals surface area contributed by atoms with E-state index in [-0.39, 0.29) is 6.42 Å². The Morgan fingerprint density at radius 3 is 2.58 bits per heavy atom. The van der Waals surface area contributed by atoms with Crippen LogP contribution in [0.5, 0.6) is 0 Å². The molecule has 1 aliphatic heterocycles. The Morgan fingerprint density at radius 1 is 1.33 bits per heavy atom. The molecule has 0 aromatic carbocycles. The molecule has 0 radical (unpaired) electrons. The van der Waals surface area contributed by atoms with Gasteiger partial charge in [0.2, 0.25) is 0 Å². The van der Waals surface area contributed by atoms with Crippen molar-refractivity contribution < 1.29 is 19.4 Å². The molecule has 2 heterocycles. The van der Waals surface area contributed by atoms with Gasteiger partial charge in [-0.2, -0.15) is 0 Å². The van der Waals surface area contributed by atoms with Gasteiger partial charge in [-0.3, -0.25) is 0 Å². The maximum absolute atomic E-state index is 11.8. The molecule has 24 heavy (non-hydrogen) atoms. The first-order chi connectivity index (χ1) is 11.2. The van der Waals surface area contributed by atoms with Gasteiger partial charge in [-0.25, -0.2) is 14.6 Å². The summed E-state index contributed by atoms with van der Waals surface area (Å²) in [5, 5.41) is 11.8. The first kappa shape index (κ1) is 18.0. The predicted octanol–water partition coefficient (Wildman–Crippen LogP) is 2.20. The molecule has 1 atom stereocenters. The summed E-state index contributed by atoms with van der Waals surface area (Å²) in [5.74, 6) is -0.263. The van der Waals surface area contributed by atoms with Gasteiger partial charge in [0.05, 0.1) is 0 Å². The van der Waals surface area contributed by atoms with E-state index in [2.05, 4.69) is 15.2 Å². The number of aliphatic carboxylic acids is 1. The molecule has 1 aromatic rings. The molecule has 0 saturated carbocycles. The largest absolute Gasteiger partial charge is 0.480 e. The molecular formula is C17H25N3O4. The van der Waals surface area contributed by atoms with Gasteiger partial charge in [0.25, 0.3) is 0 Å². The van der Waals surface area contributed by atoms with Gasteiger partial charge in [0.15, 0.2) is 0 Å². The molecule has 0 aliphatic carbocycles. The van der Waals surface area contributed by atoms with Crippen LogP contribution in [0.15, 0.2) is 18.2 Å². The number of nitrogens with one attached hydrogen (secondary N) is 1. The Hall–Kier alpha value is -2.31. The Morgan fingerprint density at radius 2 is 2.00 bits per heavy atom. The van der Waals surface area contributed by atoms with Crippen LogP contribution in [0.25, 0.3) is 0 Å². The zero-order valence-electron chi connectivity index (χ0n) is 14.4. The first-order valence-electron chi connectivity index (χ1n) is 8.18. The van der Waals surface area contributed by atoms with E-state index in [1.807, 2.05) is 12.1 Å².